The van der Waals surface area contributed by atoms with Crippen LogP contribution >= 0.6 is 0 Å². The lowest BCUT2D eigenvalue weighted by Crippen LogP contribution is -2.04. The van der Waals surface area contributed by atoms with Crippen LogP contribution in [0, 0.1) is 6.92 Å². The van der Waals surface area contributed by atoms with Crippen LogP contribution in [0.2, 0.25) is 0 Å². The summed E-state index contributed by atoms with van der Waals surface area (Å²) in [4.78, 5) is 23.2. The third-order valence-electron chi connectivity index (χ3n) is 3.49. The molecule has 3 aromatic rings. The van der Waals surface area contributed by atoms with Gasteiger partial charge in [-0.1, -0.05) is 12.1 Å². The van der Waals surface area contributed by atoms with Crippen molar-refractivity contribution in [2.75, 3.05) is 7.11 Å². The second-order valence-corrected chi connectivity index (χ2v) is 4.94. The quantitative estimate of drug-likeness (QED) is 0.750. The summed E-state index contributed by atoms with van der Waals surface area (Å²) in [6.07, 6.45) is 5.33. The Balaban J connectivity index is 1.84. The number of esters is 1. The van der Waals surface area contributed by atoms with Crippen molar-refractivity contribution in [3.05, 3.63) is 59.8 Å². The van der Waals surface area contributed by atoms with Crippen LogP contribution in [0.5, 0.6) is 0 Å². The van der Waals surface area contributed by atoms with E-state index in [1.54, 1.807) is 24.7 Å². The smallest absolute Gasteiger partial charge is 0.337 e. The Kier molecular flexibility index (Phi) is 3.74. The molecule has 0 amide bonds. The normalized spacial score (nSPS) is 10.6. The molecule has 22 heavy (non-hydrogen) atoms. The lowest BCUT2D eigenvalue weighted by Gasteiger charge is -2.08. The number of ether oxygens (including phenoxy) is 1. The molecule has 0 aliphatic carbocycles. The standard InChI is InChI=1S/C16H16N4O2/c1-11-14(19-10-18-11)15-17-7-8-20(15)9-12-3-5-13(6-4-12)16(21)22-2/h3-8,10H,9H2,1-2H3,(H,18,19). The second-order valence-electron chi connectivity index (χ2n) is 4.94. The van der Waals surface area contributed by atoms with Crippen molar-refractivity contribution in [1.82, 2.24) is 19.5 Å². The number of hydrogen-bond donors (Lipinski definition) is 1. The first-order valence-electron chi connectivity index (χ1n) is 6.88. The first-order valence-corrected chi connectivity index (χ1v) is 6.88. The van der Waals surface area contributed by atoms with E-state index in [-0.39, 0.29) is 5.97 Å². The van der Waals surface area contributed by atoms with Gasteiger partial charge in [0.2, 0.25) is 0 Å². The molecule has 0 fully saturated rings. The highest BCUT2D eigenvalue weighted by atomic mass is 16.5. The van der Waals surface area contributed by atoms with E-state index in [9.17, 15) is 4.79 Å². The number of H-pyrrole nitrogens is 1. The number of aromatic nitrogens is 4. The summed E-state index contributed by atoms with van der Waals surface area (Å²) < 4.78 is 6.72. The van der Waals surface area contributed by atoms with Crippen molar-refractivity contribution in [3.8, 4) is 11.5 Å². The Morgan fingerprint density at radius 2 is 2.05 bits per heavy atom. The van der Waals surface area contributed by atoms with Gasteiger partial charge >= 0.3 is 5.97 Å². The number of methoxy groups -OCH3 is 1. The fraction of sp³-hybridized carbons (Fsp3) is 0.188. The molecule has 0 unspecified atom stereocenters. The molecule has 1 N–H and O–H groups in total. The van der Waals surface area contributed by atoms with Gasteiger partial charge in [0, 0.05) is 24.6 Å². The minimum atomic E-state index is -0.331. The highest BCUT2D eigenvalue weighted by Gasteiger charge is 2.12. The largest absolute Gasteiger partial charge is 0.465 e. The molecule has 0 saturated carbocycles. The molecule has 0 radical (unpaired) electrons. The minimum absolute atomic E-state index is 0.331. The van der Waals surface area contributed by atoms with E-state index in [1.807, 2.05) is 29.8 Å². The number of aryl methyl sites for hydroxylation is 1. The Morgan fingerprint density at radius 3 is 2.68 bits per heavy atom. The summed E-state index contributed by atoms with van der Waals surface area (Å²) in [7, 11) is 1.38. The molecule has 112 valence electrons. The molecule has 6 nitrogen and oxygen atoms in total. The highest BCUT2D eigenvalue weighted by Crippen LogP contribution is 2.19. The number of hydrogen-bond acceptors (Lipinski definition) is 4. The lowest BCUT2D eigenvalue weighted by molar-refractivity contribution is 0.0600. The van der Waals surface area contributed by atoms with Gasteiger partial charge in [-0.3, -0.25) is 0 Å². The molecule has 2 heterocycles. The third kappa shape index (κ3) is 2.63. The number of benzene rings is 1. The van der Waals surface area contributed by atoms with Crippen LogP contribution < -0.4 is 0 Å². The van der Waals surface area contributed by atoms with E-state index in [0.29, 0.717) is 12.1 Å². The molecular weight excluding hydrogens is 280 g/mol. The average Bonchev–Trinajstić information content (AvgIpc) is 3.15. The predicted octanol–water partition coefficient (Wildman–Crippen LogP) is 2.42. The number of rotatable bonds is 4. The summed E-state index contributed by atoms with van der Waals surface area (Å²) in [5.74, 6) is 0.484. The maximum absolute atomic E-state index is 11.4. The van der Waals surface area contributed by atoms with Crippen LogP contribution in [0.3, 0.4) is 0 Å². The van der Waals surface area contributed by atoms with Crippen LogP contribution in [0.1, 0.15) is 21.6 Å². The zero-order valence-corrected chi connectivity index (χ0v) is 12.4. The minimum Gasteiger partial charge on any atom is -0.465 e. The van der Waals surface area contributed by atoms with Gasteiger partial charge in [0.05, 0.1) is 19.0 Å². The molecule has 0 aliphatic rings. The van der Waals surface area contributed by atoms with Crippen molar-refractivity contribution in [3.63, 3.8) is 0 Å². The van der Waals surface area contributed by atoms with Crippen molar-refractivity contribution in [2.24, 2.45) is 0 Å². The molecule has 2 aromatic heterocycles. The van der Waals surface area contributed by atoms with Crippen molar-refractivity contribution < 1.29 is 9.53 Å². The van der Waals surface area contributed by atoms with E-state index in [4.69, 9.17) is 4.74 Å². The van der Waals surface area contributed by atoms with Gasteiger partial charge in [0.25, 0.3) is 0 Å². The molecule has 3 rings (SSSR count). The molecule has 1 aromatic carbocycles. The maximum atomic E-state index is 11.4. The summed E-state index contributed by atoms with van der Waals surface area (Å²) in [5.41, 5.74) is 3.44. The number of imidazole rings is 2. The molecule has 0 bridgehead atoms. The highest BCUT2D eigenvalue weighted by molar-refractivity contribution is 5.89. The Labute approximate surface area is 127 Å². The molecule has 0 atom stereocenters. The van der Waals surface area contributed by atoms with Crippen molar-refractivity contribution >= 4 is 5.97 Å². The van der Waals surface area contributed by atoms with Gasteiger partial charge < -0.3 is 14.3 Å². The molecule has 0 spiro atoms. The van der Waals surface area contributed by atoms with Gasteiger partial charge in [0.15, 0.2) is 5.82 Å². The van der Waals surface area contributed by atoms with Crippen LogP contribution in [0.4, 0.5) is 0 Å². The molecule has 6 heteroatoms. The van der Waals surface area contributed by atoms with E-state index >= 15 is 0 Å². The lowest BCUT2D eigenvalue weighted by atomic mass is 10.1. The molecule has 0 aliphatic heterocycles. The van der Waals surface area contributed by atoms with Gasteiger partial charge in [-0.2, -0.15) is 0 Å². The van der Waals surface area contributed by atoms with E-state index in [0.717, 1.165) is 22.8 Å². The van der Waals surface area contributed by atoms with Crippen LogP contribution in [0.15, 0.2) is 43.0 Å². The fourth-order valence-corrected chi connectivity index (χ4v) is 2.30. The van der Waals surface area contributed by atoms with E-state index in [2.05, 4.69) is 15.0 Å². The molecule has 0 saturated heterocycles. The summed E-state index contributed by atoms with van der Waals surface area (Å²) >= 11 is 0. The summed E-state index contributed by atoms with van der Waals surface area (Å²) in [6, 6.07) is 7.34. The zero-order valence-electron chi connectivity index (χ0n) is 12.4. The Bertz CT molecular complexity index is 787. The third-order valence-corrected chi connectivity index (χ3v) is 3.49. The average molecular weight is 296 g/mol. The van der Waals surface area contributed by atoms with Gasteiger partial charge in [0.1, 0.15) is 5.69 Å². The van der Waals surface area contributed by atoms with E-state index < -0.39 is 0 Å². The monoisotopic (exact) mass is 296 g/mol. The topological polar surface area (TPSA) is 72.8 Å². The first-order chi connectivity index (χ1) is 10.7. The van der Waals surface area contributed by atoms with Crippen LogP contribution in [-0.2, 0) is 11.3 Å². The van der Waals surface area contributed by atoms with Gasteiger partial charge in [-0.25, -0.2) is 14.8 Å². The summed E-state index contributed by atoms with van der Waals surface area (Å²) in [5, 5.41) is 0. The number of carbonyl (C=O) groups excluding carboxylic acids is 1. The number of carbonyl (C=O) groups is 1. The molecular formula is C16H16N4O2. The second kappa shape index (κ2) is 5.85. The zero-order chi connectivity index (χ0) is 15.5. The van der Waals surface area contributed by atoms with Crippen LogP contribution in [-0.4, -0.2) is 32.6 Å². The first kappa shape index (κ1) is 14.1. The van der Waals surface area contributed by atoms with E-state index in [1.165, 1.54) is 7.11 Å². The number of nitrogens with one attached hydrogen (secondary N) is 1. The van der Waals surface area contributed by atoms with Crippen molar-refractivity contribution in [2.45, 2.75) is 13.5 Å². The Morgan fingerprint density at radius 1 is 1.27 bits per heavy atom. The van der Waals surface area contributed by atoms with Crippen molar-refractivity contribution in [1.29, 1.82) is 0 Å². The number of aromatic amines is 1. The fourth-order valence-electron chi connectivity index (χ4n) is 2.30. The van der Waals surface area contributed by atoms with Gasteiger partial charge in [-0.05, 0) is 24.6 Å². The SMILES string of the molecule is COC(=O)c1ccc(Cn2ccnc2-c2nc[nH]c2C)cc1. The maximum Gasteiger partial charge on any atom is 0.337 e. The van der Waals surface area contributed by atoms with Crippen LogP contribution in [0.25, 0.3) is 11.5 Å². The number of nitrogens with zero attached hydrogens (tertiary/aromatic N) is 3. The summed E-state index contributed by atoms with van der Waals surface area (Å²) in [6.45, 7) is 2.62. The van der Waals surface area contributed by atoms with Gasteiger partial charge in [-0.15, -0.1) is 0 Å². The predicted molar refractivity (Wildman–Crippen MR) is 81.4 cm³/mol. The Hall–Kier alpha value is -2.89.